The van der Waals surface area contributed by atoms with Crippen LogP contribution >= 0.6 is 15.9 Å². The van der Waals surface area contributed by atoms with E-state index in [1.807, 2.05) is 11.9 Å². The lowest BCUT2D eigenvalue weighted by Gasteiger charge is -2.26. The number of rotatable bonds is 5. The summed E-state index contributed by atoms with van der Waals surface area (Å²) in [6.07, 6.45) is 3.69. The fraction of sp³-hybridized carbons (Fsp3) is 0.500. The topological polar surface area (TPSA) is 53.4 Å². The van der Waals surface area contributed by atoms with Crippen LogP contribution in [0.5, 0.6) is 0 Å². The number of hydrogen-bond acceptors (Lipinski definition) is 3. The summed E-state index contributed by atoms with van der Waals surface area (Å²) in [6.45, 7) is 4.18. The van der Waals surface area contributed by atoms with Gasteiger partial charge >= 0.3 is 5.97 Å². The van der Waals surface area contributed by atoms with Gasteiger partial charge in [0, 0.05) is 23.8 Å². The van der Waals surface area contributed by atoms with Gasteiger partial charge in [-0.1, -0.05) is 13.3 Å². The summed E-state index contributed by atoms with van der Waals surface area (Å²) in [4.78, 5) is 17.3. The highest BCUT2D eigenvalue weighted by Crippen LogP contribution is 2.23. The minimum Gasteiger partial charge on any atom is -0.478 e. The third kappa shape index (κ3) is 3.43. The zero-order valence-electron chi connectivity index (χ0n) is 10.3. The standard InChI is InChI=1S/C12H17BrN2O2/c1-4-5-8(2)15(3)11-10(12(16)17)6-9(13)7-14-11/h6-8H,4-5H2,1-3H3,(H,16,17). The van der Waals surface area contributed by atoms with Crippen LogP contribution in [0.15, 0.2) is 16.7 Å². The van der Waals surface area contributed by atoms with E-state index >= 15 is 0 Å². The van der Waals surface area contributed by atoms with E-state index in [9.17, 15) is 4.79 Å². The lowest BCUT2D eigenvalue weighted by Crippen LogP contribution is -2.30. The highest BCUT2D eigenvalue weighted by atomic mass is 79.9. The third-order valence-corrected chi connectivity index (χ3v) is 3.20. The minimum atomic E-state index is -0.954. The molecule has 0 aliphatic carbocycles. The van der Waals surface area contributed by atoms with E-state index < -0.39 is 5.97 Å². The van der Waals surface area contributed by atoms with E-state index in [4.69, 9.17) is 5.11 Å². The molecule has 0 amide bonds. The van der Waals surface area contributed by atoms with Crippen molar-refractivity contribution in [3.63, 3.8) is 0 Å². The summed E-state index contributed by atoms with van der Waals surface area (Å²) < 4.78 is 0.676. The smallest absolute Gasteiger partial charge is 0.339 e. The number of nitrogens with zero attached hydrogens (tertiary/aromatic N) is 2. The number of hydrogen-bond donors (Lipinski definition) is 1. The molecule has 0 aliphatic rings. The Morgan fingerprint density at radius 3 is 2.82 bits per heavy atom. The Labute approximate surface area is 110 Å². The van der Waals surface area contributed by atoms with Crippen LogP contribution in [-0.4, -0.2) is 29.1 Å². The normalized spacial score (nSPS) is 12.2. The Kier molecular flexibility index (Phi) is 4.93. The second-order valence-electron chi connectivity index (χ2n) is 4.08. The molecule has 0 aromatic carbocycles. The van der Waals surface area contributed by atoms with Crippen molar-refractivity contribution in [3.8, 4) is 0 Å². The molecule has 1 unspecified atom stereocenters. The number of pyridine rings is 1. The van der Waals surface area contributed by atoms with Crippen LogP contribution < -0.4 is 4.90 Å². The van der Waals surface area contributed by atoms with Gasteiger partial charge < -0.3 is 10.0 Å². The van der Waals surface area contributed by atoms with Gasteiger partial charge in [0.15, 0.2) is 0 Å². The SMILES string of the molecule is CCCC(C)N(C)c1ncc(Br)cc1C(=O)O. The maximum absolute atomic E-state index is 11.2. The molecular weight excluding hydrogens is 284 g/mol. The van der Waals surface area contributed by atoms with Crippen LogP contribution in [0.2, 0.25) is 0 Å². The maximum atomic E-state index is 11.2. The lowest BCUT2D eigenvalue weighted by atomic mass is 10.1. The molecule has 1 aromatic rings. The summed E-state index contributed by atoms with van der Waals surface area (Å²) in [6, 6.07) is 1.85. The predicted molar refractivity (Wildman–Crippen MR) is 71.7 cm³/mol. The Morgan fingerprint density at radius 1 is 1.65 bits per heavy atom. The largest absolute Gasteiger partial charge is 0.478 e. The van der Waals surface area contributed by atoms with E-state index in [0.29, 0.717) is 10.3 Å². The van der Waals surface area contributed by atoms with Crippen molar-refractivity contribution in [1.29, 1.82) is 0 Å². The highest BCUT2D eigenvalue weighted by molar-refractivity contribution is 9.10. The zero-order chi connectivity index (χ0) is 13.0. The van der Waals surface area contributed by atoms with Crippen LogP contribution in [0, 0.1) is 0 Å². The first-order valence-electron chi connectivity index (χ1n) is 5.59. The minimum absolute atomic E-state index is 0.227. The molecule has 0 spiro atoms. The monoisotopic (exact) mass is 300 g/mol. The Morgan fingerprint density at radius 2 is 2.29 bits per heavy atom. The molecule has 5 heteroatoms. The van der Waals surface area contributed by atoms with Crippen molar-refractivity contribution in [2.45, 2.75) is 32.7 Å². The third-order valence-electron chi connectivity index (χ3n) is 2.77. The van der Waals surface area contributed by atoms with Crippen LogP contribution in [0.3, 0.4) is 0 Å². The molecule has 1 N–H and O–H groups in total. The van der Waals surface area contributed by atoms with Crippen molar-refractivity contribution in [2.75, 3.05) is 11.9 Å². The Balaban J connectivity index is 3.08. The summed E-state index contributed by atoms with van der Waals surface area (Å²) in [5.74, 6) is -0.439. The number of aromatic carboxylic acids is 1. The maximum Gasteiger partial charge on any atom is 0.339 e. The molecular formula is C12H17BrN2O2. The second kappa shape index (κ2) is 6.00. The summed E-state index contributed by atoms with van der Waals surface area (Å²) in [7, 11) is 1.88. The van der Waals surface area contributed by atoms with Gasteiger partial charge in [0.05, 0.1) is 0 Å². The molecule has 0 fully saturated rings. The predicted octanol–water partition coefficient (Wildman–Crippen LogP) is 3.17. The lowest BCUT2D eigenvalue weighted by molar-refractivity contribution is 0.0697. The van der Waals surface area contributed by atoms with Crippen LogP contribution in [0.4, 0.5) is 5.82 Å². The fourth-order valence-electron chi connectivity index (χ4n) is 1.69. The first-order valence-corrected chi connectivity index (χ1v) is 6.38. The molecule has 0 radical (unpaired) electrons. The average Bonchev–Trinajstić information content (AvgIpc) is 2.28. The first kappa shape index (κ1) is 14.0. The average molecular weight is 301 g/mol. The molecule has 0 saturated carbocycles. The van der Waals surface area contributed by atoms with Gasteiger partial charge in [0.1, 0.15) is 11.4 Å². The number of aromatic nitrogens is 1. The molecule has 1 atom stereocenters. The van der Waals surface area contributed by atoms with E-state index in [1.54, 1.807) is 12.3 Å². The van der Waals surface area contributed by atoms with Gasteiger partial charge in [-0.3, -0.25) is 0 Å². The van der Waals surface area contributed by atoms with Crippen molar-refractivity contribution in [1.82, 2.24) is 4.98 Å². The van der Waals surface area contributed by atoms with Crippen LogP contribution in [0.25, 0.3) is 0 Å². The molecule has 1 aromatic heterocycles. The summed E-state index contributed by atoms with van der Waals surface area (Å²) in [5, 5.41) is 9.16. The quantitative estimate of drug-likeness (QED) is 0.907. The molecule has 94 valence electrons. The number of carboxylic acid groups (broad SMARTS) is 1. The highest BCUT2D eigenvalue weighted by Gasteiger charge is 2.18. The van der Waals surface area contributed by atoms with Crippen LogP contribution in [-0.2, 0) is 0 Å². The van der Waals surface area contributed by atoms with Gasteiger partial charge in [-0.25, -0.2) is 9.78 Å². The number of anilines is 1. The molecule has 1 heterocycles. The van der Waals surface area contributed by atoms with Gasteiger partial charge in [0.2, 0.25) is 0 Å². The Hall–Kier alpha value is -1.10. The fourth-order valence-corrected chi connectivity index (χ4v) is 2.02. The summed E-state index contributed by atoms with van der Waals surface area (Å²) >= 11 is 3.24. The van der Waals surface area contributed by atoms with E-state index in [2.05, 4.69) is 34.8 Å². The molecule has 1 rings (SSSR count). The molecule has 0 saturated heterocycles. The van der Waals surface area contributed by atoms with Crippen molar-refractivity contribution in [2.24, 2.45) is 0 Å². The zero-order valence-corrected chi connectivity index (χ0v) is 11.9. The number of carbonyl (C=O) groups is 1. The van der Waals surface area contributed by atoms with Gasteiger partial charge in [-0.05, 0) is 35.3 Å². The molecule has 0 bridgehead atoms. The Bertz CT molecular complexity index is 409. The number of carboxylic acids is 1. The molecule has 0 aliphatic heterocycles. The van der Waals surface area contributed by atoms with E-state index in [0.717, 1.165) is 12.8 Å². The van der Waals surface area contributed by atoms with Crippen molar-refractivity contribution < 1.29 is 9.90 Å². The van der Waals surface area contributed by atoms with Crippen LogP contribution in [0.1, 0.15) is 37.0 Å². The second-order valence-corrected chi connectivity index (χ2v) is 4.99. The molecule has 17 heavy (non-hydrogen) atoms. The van der Waals surface area contributed by atoms with Crippen molar-refractivity contribution in [3.05, 3.63) is 22.3 Å². The van der Waals surface area contributed by atoms with Gasteiger partial charge in [0.25, 0.3) is 0 Å². The van der Waals surface area contributed by atoms with Crippen molar-refractivity contribution >= 4 is 27.7 Å². The number of halogens is 1. The molecule has 4 nitrogen and oxygen atoms in total. The summed E-state index contributed by atoms with van der Waals surface area (Å²) in [5.41, 5.74) is 0.227. The van der Waals surface area contributed by atoms with Gasteiger partial charge in [-0.15, -0.1) is 0 Å². The van der Waals surface area contributed by atoms with Gasteiger partial charge in [-0.2, -0.15) is 0 Å². The first-order chi connectivity index (χ1) is 7.97. The van der Waals surface area contributed by atoms with E-state index in [1.165, 1.54) is 0 Å². The van der Waals surface area contributed by atoms with E-state index in [-0.39, 0.29) is 11.6 Å².